The second-order valence-corrected chi connectivity index (χ2v) is 4.93. The number of ether oxygens (including phenoxy) is 1. The Labute approximate surface area is 127 Å². The van der Waals surface area contributed by atoms with Crippen molar-refractivity contribution in [2.24, 2.45) is 0 Å². The summed E-state index contributed by atoms with van der Waals surface area (Å²) in [5, 5.41) is 11.4. The van der Waals surface area contributed by atoms with Gasteiger partial charge in [0.15, 0.2) is 0 Å². The van der Waals surface area contributed by atoms with Crippen molar-refractivity contribution in [3.63, 3.8) is 0 Å². The molecule has 3 aromatic rings. The maximum absolute atomic E-state index is 9.20. The third kappa shape index (κ3) is 2.37. The molecule has 21 heavy (non-hydrogen) atoms. The van der Waals surface area contributed by atoms with E-state index >= 15 is 0 Å². The molecule has 0 unspecified atom stereocenters. The summed E-state index contributed by atoms with van der Waals surface area (Å²) in [6.45, 7) is 0. The largest absolute Gasteiger partial charge is 0.455 e. The number of nitrogens with two attached hydrogens (primary N) is 1. The van der Waals surface area contributed by atoms with Crippen molar-refractivity contribution in [3.05, 3.63) is 65.2 Å². The second-order valence-electron chi connectivity index (χ2n) is 4.53. The van der Waals surface area contributed by atoms with Gasteiger partial charge in [-0.05, 0) is 24.3 Å². The van der Waals surface area contributed by atoms with Gasteiger partial charge in [0.05, 0.1) is 5.02 Å². The zero-order chi connectivity index (χ0) is 14.8. The number of halogens is 1. The van der Waals surface area contributed by atoms with Crippen LogP contribution in [0.2, 0.25) is 5.02 Å². The fourth-order valence-corrected chi connectivity index (χ4v) is 2.41. The first-order valence-corrected chi connectivity index (χ1v) is 6.72. The van der Waals surface area contributed by atoms with E-state index in [2.05, 4.69) is 6.07 Å². The van der Waals surface area contributed by atoms with Crippen LogP contribution in [0.25, 0.3) is 10.8 Å². The predicted octanol–water partition coefficient (Wildman–Crippen LogP) is 4.74. The number of hydrogen-bond acceptors (Lipinski definition) is 3. The van der Waals surface area contributed by atoms with E-state index in [4.69, 9.17) is 22.1 Å². The van der Waals surface area contributed by atoms with Crippen LogP contribution >= 0.6 is 11.6 Å². The van der Waals surface area contributed by atoms with Gasteiger partial charge in [-0.3, -0.25) is 0 Å². The SMILES string of the molecule is N#Cc1c(Cl)cccc1Oc1ccc(N)c2ccccc12. The van der Waals surface area contributed by atoms with Crippen LogP contribution in [-0.4, -0.2) is 0 Å². The van der Waals surface area contributed by atoms with Gasteiger partial charge in [0.25, 0.3) is 0 Å². The Morgan fingerprint density at radius 1 is 0.905 bits per heavy atom. The molecule has 0 radical (unpaired) electrons. The van der Waals surface area contributed by atoms with E-state index in [-0.39, 0.29) is 0 Å². The van der Waals surface area contributed by atoms with Crippen LogP contribution in [0.4, 0.5) is 5.69 Å². The number of nitrogen functional groups attached to an aromatic ring is 1. The highest BCUT2D eigenvalue weighted by molar-refractivity contribution is 6.31. The zero-order valence-corrected chi connectivity index (χ0v) is 11.8. The van der Waals surface area contributed by atoms with Crippen LogP contribution in [-0.2, 0) is 0 Å². The van der Waals surface area contributed by atoms with Crippen LogP contribution in [0, 0.1) is 11.3 Å². The van der Waals surface area contributed by atoms with Gasteiger partial charge in [-0.2, -0.15) is 5.26 Å². The second kappa shape index (κ2) is 5.35. The molecule has 0 saturated carbocycles. The standard InChI is InChI=1S/C17H11ClN2O/c18-14-6-3-7-16(13(14)10-19)21-17-9-8-15(20)11-4-1-2-5-12(11)17/h1-9H,20H2. The van der Waals surface area contributed by atoms with Gasteiger partial charge in [0.1, 0.15) is 23.1 Å². The van der Waals surface area contributed by atoms with Gasteiger partial charge in [-0.15, -0.1) is 0 Å². The number of hydrogen-bond donors (Lipinski definition) is 1. The topological polar surface area (TPSA) is 59.0 Å². The molecule has 3 aromatic carbocycles. The minimum Gasteiger partial charge on any atom is -0.455 e. The number of benzene rings is 3. The molecule has 102 valence electrons. The van der Waals surface area contributed by atoms with Crippen molar-refractivity contribution >= 4 is 28.1 Å². The molecule has 0 fully saturated rings. The van der Waals surface area contributed by atoms with Crippen molar-refractivity contribution in [3.8, 4) is 17.6 Å². The van der Waals surface area contributed by atoms with Crippen molar-refractivity contribution in [1.29, 1.82) is 5.26 Å². The molecule has 0 aliphatic carbocycles. The molecule has 0 aromatic heterocycles. The van der Waals surface area contributed by atoms with Crippen LogP contribution in [0.3, 0.4) is 0 Å². The normalized spacial score (nSPS) is 10.3. The summed E-state index contributed by atoms with van der Waals surface area (Å²) < 4.78 is 5.89. The first-order chi connectivity index (χ1) is 10.2. The number of rotatable bonds is 2. The summed E-state index contributed by atoms with van der Waals surface area (Å²) in [6.07, 6.45) is 0. The summed E-state index contributed by atoms with van der Waals surface area (Å²) in [4.78, 5) is 0. The van der Waals surface area contributed by atoms with Crippen LogP contribution < -0.4 is 10.5 Å². The molecule has 0 bridgehead atoms. The zero-order valence-electron chi connectivity index (χ0n) is 11.0. The van der Waals surface area contributed by atoms with Gasteiger partial charge in [0, 0.05) is 16.5 Å². The van der Waals surface area contributed by atoms with E-state index in [1.54, 1.807) is 30.3 Å². The van der Waals surface area contributed by atoms with E-state index in [9.17, 15) is 5.26 Å². The first kappa shape index (κ1) is 13.3. The number of nitriles is 1. The summed E-state index contributed by atoms with van der Waals surface area (Å²) in [6, 6.07) is 18.5. The van der Waals surface area contributed by atoms with Crippen LogP contribution in [0.1, 0.15) is 5.56 Å². The highest BCUT2D eigenvalue weighted by atomic mass is 35.5. The Kier molecular flexibility index (Phi) is 3.39. The molecule has 2 N–H and O–H groups in total. The van der Waals surface area contributed by atoms with Crippen molar-refractivity contribution in [1.82, 2.24) is 0 Å². The number of fused-ring (bicyclic) bond motifs is 1. The van der Waals surface area contributed by atoms with Crippen molar-refractivity contribution < 1.29 is 4.74 Å². The molecule has 0 spiro atoms. The molecule has 3 rings (SSSR count). The van der Waals surface area contributed by atoms with Gasteiger partial charge < -0.3 is 10.5 Å². The minimum atomic E-state index is 0.320. The fraction of sp³-hybridized carbons (Fsp3) is 0. The maximum atomic E-state index is 9.20. The number of anilines is 1. The molecule has 0 amide bonds. The lowest BCUT2D eigenvalue weighted by molar-refractivity contribution is 0.487. The summed E-state index contributed by atoms with van der Waals surface area (Å²) in [5.74, 6) is 1.07. The van der Waals surface area contributed by atoms with E-state index in [0.29, 0.717) is 27.8 Å². The highest BCUT2D eigenvalue weighted by Crippen LogP contribution is 2.35. The maximum Gasteiger partial charge on any atom is 0.146 e. The fourth-order valence-electron chi connectivity index (χ4n) is 2.20. The van der Waals surface area contributed by atoms with E-state index < -0.39 is 0 Å². The molecule has 0 aliphatic rings. The summed E-state index contributed by atoms with van der Waals surface area (Å²) in [5.41, 5.74) is 6.97. The predicted molar refractivity (Wildman–Crippen MR) is 84.6 cm³/mol. The average molecular weight is 295 g/mol. The average Bonchev–Trinajstić information content (AvgIpc) is 2.51. The van der Waals surface area contributed by atoms with E-state index in [1.165, 1.54) is 0 Å². The molecule has 0 saturated heterocycles. The Morgan fingerprint density at radius 2 is 1.67 bits per heavy atom. The lowest BCUT2D eigenvalue weighted by Gasteiger charge is -2.12. The van der Waals surface area contributed by atoms with Gasteiger partial charge in [-0.25, -0.2) is 0 Å². The molecule has 0 atom stereocenters. The summed E-state index contributed by atoms with van der Waals surface area (Å²) in [7, 11) is 0. The molecular weight excluding hydrogens is 284 g/mol. The van der Waals surface area contributed by atoms with E-state index in [1.807, 2.05) is 24.3 Å². The lowest BCUT2D eigenvalue weighted by atomic mass is 10.1. The Bertz CT molecular complexity index is 868. The Morgan fingerprint density at radius 3 is 2.43 bits per heavy atom. The van der Waals surface area contributed by atoms with Crippen LogP contribution in [0.15, 0.2) is 54.6 Å². The molecule has 4 heteroatoms. The van der Waals surface area contributed by atoms with Gasteiger partial charge >= 0.3 is 0 Å². The third-order valence-corrected chi connectivity index (χ3v) is 3.54. The Balaban J connectivity index is 2.14. The Hall–Kier alpha value is -2.70. The van der Waals surface area contributed by atoms with Crippen LogP contribution in [0.5, 0.6) is 11.5 Å². The first-order valence-electron chi connectivity index (χ1n) is 6.34. The van der Waals surface area contributed by atoms with Gasteiger partial charge in [0.2, 0.25) is 0 Å². The smallest absolute Gasteiger partial charge is 0.146 e. The lowest BCUT2D eigenvalue weighted by Crippen LogP contribution is -1.92. The third-order valence-electron chi connectivity index (χ3n) is 3.22. The highest BCUT2D eigenvalue weighted by Gasteiger charge is 2.11. The van der Waals surface area contributed by atoms with E-state index in [0.717, 1.165) is 10.8 Å². The van der Waals surface area contributed by atoms with Crippen molar-refractivity contribution in [2.75, 3.05) is 5.73 Å². The van der Waals surface area contributed by atoms with Crippen molar-refractivity contribution in [2.45, 2.75) is 0 Å². The quantitative estimate of drug-likeness (QED) is 0.694. The minimum absolute atomic E-state index is 0.320. The molecular formula is C17H11ClN2O. The summed E-state index contributed by atoms with van der Waals surface area (Å²) >= 11 is 6.02. The number of nitrogens with zero attached hydrogens (tertiary/aromatic N) is 1. The molecule has 0 aliphatic heterocycles. The monoisotopic (exact) mass is 294 g/mol. The molecule has 3 nitrogen and oxygen atoms in total. The van der Waals surface area contributed by atoms with Gasteiger partial charge in [-0.1, -0.05) is 41.9 Å². The molecule has 0 heterocycles.